The van der Waals surface area contributed by atoms with Gasteiger partial charge in [-0.05, 0) is 19.4 Å². The Bertz CT molecular complexity index is 341. The van der Waals surface area contributed by atoms with Crippen molar-refractivity contribution in [3.8, 4) is 0 Å². The minimum atomic E-state index is -0.299. The summed E-state index contributed by atoms with van der Waals surface area (Å²) in [5, 5.41) is 0. The molecule has 0 spiro atoms. The van der Waals surface area contributed by atoms with E-state index in [2.05, 4.69) is 0 Å². The molecule has 0 N–H and O–H groups in total. The quantitative estimate of drug-likeness (QED) is 0.550. The molecule has 0 saturated heterocycles. The average molecular weight is 155 g/mol. The standard InChI is InChI=1S/C8H10FNO/c1-5-4-7(11)10(3)6(2)8(5)9/h4H,1-3H3. The largest absolute Gasteiger partial charge is 0.313 e. The zero-order chi connectivity index (χ0) is 8.59. The van der Waals surface area contributed by atoms with Crippen LogP contribution in [0.1, 0.15) is 11.3 Å². The van der Waals surface area contributed by atoms with Gasteiger partial charge in [0.05, 0.1) is 5.69 Å². The first-order valence-corrected chi connectivity index (χ1v) is 3.36. The molecule has 0 saturated carbocycles. The van der Waals surface area contributed by atoms with Gasteiger partial charge in [-0.2, -0.15) is 0 Å². The first-order chi connectivity index (χ1) is 5.04. The molecule has 11 heavy (non-hydrogen) atoms. The topological polar surface area (TPSA) is 22.0 Å². The Hall–Kier alpha value is -1.12. The van der Waals surface area contributed by atoms with Crippen LogP contribution in [-0.4, -0.2) is 4.57 Å². The molecule has 0 fully saturated rings. The lowest BCUT2D eigenvalue weighted by molar-refractivity contribution is 0.578. The van der Waals surface area contributed by atoms with E-state index >= 15 is 0 Å². The predicted octanol–water partition coefficient (Wildman–Crippen LogP) is 1.14. The molecule has 2 nitrogen and oxygen atoms in total. The van der Waals surface area contributed by atoms with Crippen LogP contribution >= 0.6 is 0 Å². The molecule has 1 rings (SSSR count). The van der Waals surface area contributed by atoms with Crippen LogP contribution in [0.2, 0.25) is 0 Å². The van der Waals surface area contributed by atoms with Crippen LogP contribution in [0.5, 0.6) is 0 Å². The van der Waals surface area contributed by atoms with Gasteiger partial charge in [-0.1, -0.05) is 0 Å². The summed E-state index contributed by atoms with van der Waals surface area (Å²) in [4.78, 5) is 11.0. The lowest BCUT2D eigenvalue weighted by atomic mass is 10.2. The molecular formula is C8H10FNO. The second-order valence-electron chi connectivity index (χ2n) is 2.62. The zero-order valence-corrected chi connectivity index (χ0v) is 6.81. The fourth-order valence-electron chi connectivity index (χ4n) is 0.943. The van der Waals surface area contributed by atoms with Gasteiger partial charge in [0, 0.05) is 13.1 Å². The maximum atomic E-state index is 13.0. The SMILES string of the molecule is Cc1cc(=O)n(C)c(C)c1F. The normalized spacial score (nSPS) is 10.2. The number of aromatic nitrogens is 1. The molecule has 0 aliphatic carbocycles. The highest BCUT2D eigenvalue weighted by Gasteiger charge is 2.05. The van der Waals surface area contributed by atoms with Gasteiger partial charge in [0.15, 0.2) is 0 Å². The van der Waals surface area contributed by atoms with Crippen LogP contribution in [0.25, 0.3) is 0 Å². The molecule has 0 aliphatic rings. The van der Waals surface area contributed by atoms with Crippen LogP contribution in [0.15, 0.2) is 10.9 Å². The van der Waals surface area contributed by atoms with Crippen molar-refractivity contribution in [2.45, 2.75) is 13.8 Å². The van der Waals surface area contributed by atoms with Crippen molar-refractivity contribution in [1.29, 1.82) is 0 Å². The summed E-state index contributed by atoms with van der Waals surface area (Å²) in [6.45, 7) is 3.17. The molecular weight excluding hydrogens is 145 g/mol. The molecule has 3 heteroatoms. The van der Waals surface area contributed by atoms with Crippen molar-refractivity contribution in [3.63, 3.8) is 0 Å². The second-order valence-corrected chi connectivity index (χ2v) is 2.62. The van der Waals surface area contributed by atoms with Crippen molar-refractivity contribution in [2.75, 3.05) is 0 Å². The van der Waals surface area contributed by atoms with E-state index in [0.29, 0.717) is 11.3 Å². The van der Waals surface area contributed by atoms with Crippen molar-refractivity contribution >= 4 is 0 Å². The smallest absolute Gasteiger partial charge is 0.250 e. The summed E-state index contributed by atoms with van der Waals surface area (Å²) in [5.41, 5.74) is 0.627. The Kier molecular flexibility index (Phi) is 1.81. The van der Waals surface area contributed by atoms with E-state index in [9.17, 15) is 9.18 Å². The second kappa shape index (κ2) is 2.49. The maximum Gasteiger partial charge on any atom is 0.250 e. The van der Waals surface area contributed by atoms with Crippen molar-refractivity contribution < 1.29 is 4.39 Å². The number of rotatable bonds is 0. The molecule has 0 bridgehead atoms. The molecule has 1 aromatic rings. The van der Waals surface area contributed by atoms with Crippen LogP contribution in [0.3, 0.4) is 0 Å². The summed E-state index contributed by atoms with van der Waals surface area (Å²) in [6, 6.07) is 1.29. The molecule has 0 aliphatic heterocycles. The Morgan fingerprint density at radius 1 is 1.45 bits per heavy atom. The molecule has 0 unspecified atom stereocenters. The Balaban J connectivity index is 3.59. The van der Waals surface area contributed by atoms with Crippen LogP contribution in [-0.2, 0) is 7.05 Å². The van der Waals surface area contributed by atoms with Crippen molar-refractivity contribution in [2.24, 2.45) is 7.05 Å². The fraction of sp³-hybridized carbons (Fsp3) is 0.375. The van der Waals surface area contributed by atoms with Gasteiger partial charge in [-0.25, -0.2) is 4.39 Å². The Morgan fingerprint density at radius 2 is 2.00 bits per heavy atom. The summed E-state index contributed by atoms with van der Waals surface area (Å²) in [7, 11) is 1.56. The van der Waals surface area contributed by atoms with E-state index in [0.717, 1.165) is 0 Å². The monoisotopic (exact) mass is 155 g/mol. The molecule has 0 aromatic carbocycles. The Labute approximate surface area is 64.3 Å². The van der Waals surface area contributed by atoms with Crippen LogP contribution in [0.4, 0.5) is 4.39 Å². The Morgan fingerprint density at radius 3 is 2.55 bits per heavy atom. The summed E-state index contributed by atoms with van der Waals surface area (Å²) < 4.78 is 14.3. The maximum absolute atomic E-state index is 13.0. The molecule has 60 valence electrons. The van der Waals surface area contributed by atoms with Crippen LogP contribution in [0, 0.1) is 19.7 Å². The highest BCUT2D eigenvalue weighted by molar-refractivity contribution is 5.17. The van der Waals surface area contributed by atoms with Crippen LogP contribution < -0.4 is 5.56 Å². The molecule has 0 amide bonds. The van der Waals surface area contributed by atoms with Gasteiger partial charge in [0.25, 0.3) is 5.56 Å². The van der Waals surface area contributed by atoms with E-state index in [1.165, 1.54) is 10.6 Å². The molecule has 0 atom stereocenters. The van der Waals surface area contributed by atoms with Gasteiger partial charge >= 0.3 is 0 Å². The van der Waals surface area contributed by atoms with Crippen molar-refractivity contribution in [1.82, 2.24) is 4.57 Å². The van der Waals surface area contributed by atoms with Gasteiger partial charge in [-0.15, -0.1) is 0 Å². The minimum absolute atomic E-state index is 0.165. The first-order valence-electron chi connectivity index (χ1n) is 3.36. The number of aryl methyl sites for hydroxylation is 1. The zero-order valence-electron chi connectivity index (χ0n) is 6.81. The predicted molar refractivity (Wildman–Crippen MR) is 41.1 cm³/mol. The third kappa shape index (κ3) is 1.18. The molecule has 1 heterocycles. The number of nitrogens with zero attached hydrogens (tertiary/aromatic N) is 1. The number of hydrogen-bond donors (Lipinski definition) is 0. The van der Waals surface area contributed by atoms with Gasteiger partial charge in [0.1, 0.15) is 5.82 Å². The van der Waals surface area contributed by atoms with E-state index in [1.54, 1.807) is 20.9 Å². The average Bonchev–Trinajstić information content (AvgIpc) is 1.97. The van der Waals surface area contributed by atoms with E-state index in [1.807, 2.05) is 0 Å². The number of pyridine rings is 1. The lowest BCUT2D eigenvalue weighted by Gasteiger charge is -2.05. The van der Waals surface area contributed by atoms with Gasteiger partial charge in [-0.3, -0.25) is 4.79 Å². The highest BCUT2D eigenvalue weighted by atomic mass is 19.1. The van der Waals surface area contributed by atoms with Crippen molar-refractivity contribution in [3.05, 3.63) is 33.5 Å². The van der Waals surface area contributed by atoms with E-state index < -0.39 is 0 Å². The summed E-state index contributed by atoms with van der Waals surface area (Å²) in [5.74, 6) is -0.299. The highest BCUT2D eigenvalue weighted by Crippen LogP contribution is 2.06. The number of hydrogen-bond acceptors (Lipinski definition) is 1. The molecule has 0 radical (unpaired) electrons. The van der Waals surface area contributed by atoms with E-state index in [-0.39, 0.29) is 11.4 Å². The fourth-order valence-corrected chi connectivity index (χ4v) is 0.943. The first kappa shape index (κ1) is 7.98. The lowest BCUT2D eigenvalue weighted by Crippen LogP contribution is -2.20. The van der Waals surface area contributed by atoms with Gasteiger partial charge in [0.2, 0.25) is 0 Å². The summed E-state index contributed by atoms with van der Waals surface area (Å²) >= 11 is 0. The number of halogens is 1. The van der Waals surface area contributed by atoms with Gasteiger partial charge < -0.3 is 4.57 Å². The third-order valence-corrected chi connectivity index (χ3v) is 1.84. The third-order valence-electron chi connectivity index (χ3n) is 1.84. The minimum Gasteiger partial charge on any atom is -0.313 e. The van der Waals surface area contributed by atoms with E-state index in [4.69, 9.17) is 0 Å². The molecule has 1 aromatic heterocycles. The summed E-state index contributed by atoms with van der Waals surface area (Å²) in [6.07, 6.45) is 0.